The molecule has 1 aromatic heterocycles. The lowest BCUT2D eigenvalue weighted by Crippen LogP contribution is -2.03. The van der Waals surface area contributed by atoms with E-state index in [0.717, 1.165) is 17.3 Å². The average Bonchev–Trinajstić information content (AvgIpc) is 2.53. The van der Waals surface area contributed by atoms with Gasteiger partial charge in [-0.2, -0.15) is 4.98 Å². The fraction of sp³-hybridized carbons (Fsp3) is 0.111. The van der Waals surface area contributed by atoms with E-state index in [0.29, 0.717) is 22.5 Å². The Bertz CT molecular complexity index is 931. The molecule has 0 fully saturated rings. The first-order chi connectivity index (χ1) is 11.9. The minimum absolute atomic E-state index is 0.129. The molecular weight excluding hydrogens is 346 g/mol. The number of nitrogens with one attached hydrogen (secondary N) is 2. The van der Waals surface area contributed by atoms with E-state index in [1.54, 1.807) is 19.1 Å². The van der Waals surface area contributed by atoms with Gasteiger partial charge in [0.2, 0.25) is 5.95 Å². The van der Waals surface area contributed by atoms with Crippen molar-refractivity contribution in [1.29, 1.82) is 0 Å². The fourth-order valence-electron chi connectivity index (χ4n) is 2.22. The van der Waals surface area contributed by atoms with Crippen LogP contribution in [0.1, 0.15) is 11.3 Å². The highest BCUT2D eigenvalue weighted by Crippen LogP contribution is 2.24. The summed E-state index contributed by atoms with van der Waals surface area (Å²) in [6.45, 7) is 3.70. The van der Waals surface area contributed by atoms with Crippen molar-refractivity contribution in [3.63, 3.8) is 0 Å². The van der Waals surface area contributed by atoms with Crippen LogP contribution >= 0.6 is 11.6 Å². The highest BCUT2D eigenvalue weighted by atomic mass is 35.5. The molecule has 0 aliphatic carbocycles. The zero-order valence-electron chi connectivity index (χ0n) is 13.6. The number of nitrogens with zero attached hydrogens (tertiary/aromatic N) is 2. The van der Waals surface area contributed by atoms with Gasteiger partial charge >= 0.3 is 0 Å². The van der Waals surface area contributed by atoms with Crippen LogP contribution in [0.15, 0.2) is 42.5 Å². The minimum Gasteiger partial charge on any atom is -0.338 e. The minimum atomic E-state index is -0.698. The lowest BCUT2D eigenvalue weighted by molar-refractivity contribution is 0.586. The zero-order valence-corrected chi connectivity index (χ0v) is 14.3. The molecule has 0 bridgehead atoms. The summed E-state index contributed by atoms with van der Waals surface area (Å²) in [4.78, 5) is 8.60. The molecule has 0 aliphatic heterocycles. The van der Waals surface area contributed by atoms with Crippen molar-refractivity contribution < 1.29 is 8.78 Å². The van der Waals surface area contributed by atoms with Gasteiger partial charge in [-0.15, -0.1) is 0 Å². The smallest absolute Gasteiger partial charge is 0.229 e. The first-order valence-electron chi connectivity index (χ1n) is 7.51. The number of hydrogen-bond donors (Lipinski definition) is 2. The quantitative estimate of drug-likeness (QED) is 0.644. The van der Waals surface area contributed by atoms with Crippen LogP contribution in [0.25, 0.3) is 0 Å². The number of aryl methyl sites for hydroxylation is 2. The van der Waals surface area contributed by atoms with E-state index in [1.807, 2.05) is 19.1 Å². The third-order valence-corrected chi connectivity index (χ3v) is 3.88. The van der Waals surface area contributed by atoms with Crippen LogP contribution in [0.4, 0.5) is 31.9 Å². The van der Waals surface area contributed by atoms with E-state index in [4.69, 9.17) is 11.6 Å². The van der Waals surface area contributed by atoms with Gasteiger partial charge in [-0.1, -0.05) is 17.7 Å². The Hall–Kier alpha value is -2.73. The molecular formula is C18H15ClF2N4. The molecule has 2 aromatic carbocycles. The van der Waals surface area contributed by atoms with Crippen molar-refractivity contribution >= 4 is 34.7 Å². The van der Waals surface area contributed by atoms with E-state index in [1.165, 1.54) is 12.1 Å². The van der Waals surface area contributed by atoms with E-state index in [2.05, 4.69) is 20.6 Å². The van der Waals surface area contributed by atoms with Gasteiger partial charge in [0.15, 0.2) is 0 Å². The van der Waals surface area contributed by atoms with Crippen molar-refractivity contribution in [2.24, 2.45) is 0 Å². The summed E-state index contributed by atoms with van der Waals surface area (Å²) in [5, 5.41) is 6.52. The Morgan fingerprint density at radius 1 is 0.920 bits per heavy atom. The Labute approximate surface area is 148 Å². The molecule has 0 saturated carbocycles. The van der Waals surface area contributed by atoms with Gasteiger partial charge in [0.05, 0.1) is 5.69 Å². The van der Waals surface area contributed by atoms with Crippen molar-refractivity contribution in [2.45, 2.75) is 13.8 Å². The van der Waals surface area contributed by atoms with Crippen LogP contribution in [0, 0.1) is 25.5 Å². The summed E-state index contributed by atoms with van der Waals surface area (Å²) in [6, 6.07) is 10.5. The van der Waals surface area contributed by atoms with E-state index in [9.17, 15) is 8.78 Å². The van der Waals surface area contributed by atoms with Gasteiger partial charge in [-0.05, 0) is 43.7 Å². The lowest BCUT2D eigenvalue weighted by atomic mass is 10.2. The Morgan fingerprint density at radius 3 is 2.44 bits per heavy atom. The number of anilines is 4. The normalized spacial score (nSPS) is 10.6. The lowest BCUT2D eigenvalue weighted by Gasteiger charge is -2.11. The van der Waals surface area contributed by atoms with Crippen LogP contribution in [0.2, 0.25) is 5.02 Å². The SMILES string of the molecule is Cc1cc(Nc2ccc(F)cc2F)nc(Nc2ccc(C)c(Cl)c2)n1. The Kier molecular flexibility index (Phi) is 4.81. The van der Waals surface area contributed by atoms with Gasteiger partial charge in [0.1, 0.15) is 17.5 Å². The zero-order chi connectivity index (χ0) is 18.0. The van der Waals surface area contributed by atoms with Crippen molar-refractivity contribution in [1.82, 2.24) is 9.97 Å². The molecule has 0 unspecified atom stereocenters. The number of rotatable bonds is 4. The molecule has 3 rings (SSSR count). The summed E-state index contributed by atoms with van der Waals surface area (Å²) in [6.07, 6.45) is 0. The molecule has 2 N–H and O–H groups in total. The number of halogens is 3. The largest absolute Gasteiger partial charge is 0.338 e. The predicted molar refractivity (Wildman–Crippen MR) is 95.9 cm³/mol. The van der Waals surface area contributed by atoms with E-state index in [-0.39, 0.29) is 5.69 Å². The molecule has 0 amide bonds. The molecule has 3 aromatic rings. The fourth-order valence-corrected chi connectivity index (χ4v) is 2.40. The van der Waals surface area contributed by atoms with Crippen molar-refractivity contribution in [3.05, 3.63) is 70.4 Å². The average molecular weight is 361 g/mol. The molecule has 7 heteroatoms. The first kappa shape index (κ1) is 17.1. The van der Waals surface area contributed by atoms with Crippen LogP contribution in [0.5, 0.6) is 0 Å². The maximum atomic E-state index is 13.8. The van der Waals surface area contributed by atoms with Crippen molar-refractivity contribution in [2.75, 3.05) is 10.6 Å². The van der Waals surface area contributed by atoms with Crippen molar-refractivity contribution in [3.8, 4) is 0 Å². The summed E-state index contributed by atoms with van der Waals surface area (Å²) >= 11 is 6.11. The Balaban J connectivity index is 1.86. The van der Waals surface area contributed by atoms with E-state index < -0.39 is 11.6 Å². The molecule has 128 valence electrons. The first-order valence-corrected chi connectivity index (χ1v) is 7.89. The van der Waals surface area contributed by atoms with Crippen LogP contribution in [-0.2, 0) is 0 Å². The van der Waals surface area contributed by atoms with Crippen LogP contribution in [-0.4, -0.2) is 9.97 Å². The summed E-state index contributed by atoms with van der Waals surface area (Å²) in [5.74, 6) is -0.611. The van der Waals surface area contributed by atoms with Gasteiger partial charge in [-0.3, -0.25) is 0 Å². The number of aromatic nitrogens is 2. The monoisotopic (exact) mass is 360 g/mol. The number of hydrogen-bond acceptors (Lipinski definition) is 4. The van der Waals surface area contributed by atoms with Gasteiger partial charge in [0, 0.05) is 28.5 Å². The molecule has 1 heterocycles. The van der Waals surface area contributed by atoms with E-state index >= 15 is 0 Å². The van der Waals surface area contributed by atoms with Crippen LogP contribution < -0.4 is 10.6 Å². The molecule has 0 atom stereocenters. The topological polar surface area (TPSA) is 49.8 Å². The highest BCUT2D eigenvalue weighted by molar-refractivity contribution is 6.31. The number of benzene rings is 2. The summed E-state index contributed by atoms with van der Waals surface area (Å²) in [5.41, 5.74) is 2.51. The molecule has 0 radical (unpaired) electrons. The second kappa shape index (κ2) is 7.03. The summed E-state index contributed by atoms with van der Waals surface area (Å²) in [7, 11) is 0. The summed E-state index contributed by atoms with van der Waals surface area (Å²) < 4.78 is 26.8. The molecule has 4 nitrogen and oxygen atoms in total. The second-order valence-corrected chi connectivity index (χ2v) is 5.96. The molecule has 0 aliphatic rings. The maximum Gasteiger partial charge on any atom is 0.229 e. The third kappa shape index (κ3) is 4.22. The maximum absolute atomic E-state index is 13.8. The third-order valence-electron chi connectivity index (χ3n) is 3.48. The highest BCUT2D eigenvalue weighted by Gasteiger charge is 2.08. The standard InChI is InChI=1S/C18H15ClF2N4/c1-10-3-5-13(9-14(10)19)23-18-22-11(2)7-17(25-18)24-16-6-4-12(20)8-15(16)21/h3-9H,1-2H3,(H2,22,23,24,25). The molecule has 0 spiro atoms. The van der Waals surface area contributed by atoms with Gasteiger partial charge in [0.25, 0.3) is 0 Å². The van der Waals surface area contributed by atoms with Gasteiger partial charge < -0.3 is 10.6 Å². The van der Waals surface area contributed by atoms with Crippen LogP contribution in [0.3, 0.4) is 0 Å². The molecule has 0 saturated heterocycles. The van der Waals surface area contributed by atoms with Gasteiger partial charge in [-0.25, -0.2) is 13.8 Å². The predicted octanol–water partition coefficient (Wildman–Crippen LogP) is 5.51. The Morgan fingerprint density at radius 2 is 1.72 bits per heavy atom. The second-order valence-electron chi connectivity index (χ2n) is 5.56. The molecule has 25 heavy (non-hydrogen) atoms.